The highest BCUT2D eigenvalue weighted by atomic mass is 16.2. The molecule has 1 aliphatic heterocycles. The monoisotopic (exact) mass is 406 g/mol. The summed E-state index contributed by atoms with van der Waals surface area (Å²) in [7, 11) is 0. The van der Waals surface area contributed by atoms with Gasteiger partial charge < -0.3 is 21.3 Å². The van der Waals surface area contributed by atoms with E-state index in [1.54, 1.807) is 30.3 Å². The standard InChI is InChI=1S/C23H26N4O3/c1-16(28)25-19-9-5-17(6-10-19)7-12-22(29)26-20-15-18(23(24)30)8-11-21(20)27-13-3-2-4-14-27/h5-12,15H,2-4,13-14H2,1H3,(H2,24,30)(H,25,28)(H,26,29)/b12-7+. The van der Waals surface area contributed by atoms with E-state index in [0.29, 0.717) is 16.9 Å². The third-order valence-electron chi connectivity index (χ3n) is 4.89. The fourth-order valence-electron chi connectivity index (χ4n) is 3.43. The number of anilines is 3. The minimum atomic E-state index is -0.537. The van der Waals surface area contributed by atoms with Gasteiger partial charge in [0.1, 0.15) is 0 Å². The first kappa shape index (κ1) is 21.1. The van der Waals surface area contributed by atoms with Crippen molar-refractivity contribution in [2.45, 2.75) is 26.2 Å². The lowest BCUT2D eigenvalue weighted by Gasteiger charge is -2.30. The van der Waals surface area contributed by atoms with Crippen molar-refractivity contribution in [3.05, 3.63) is 59.7 Å². The zero-order valence-corrected chi connectivity index (χ0v) is 17.0. The molecule has 4 N–H and O–H groups in total. The maximum Gasteiger partial charge on any atom is 0.248 e. The summed E-state index contributed by atoms with van der Waals surface area (Å²) in [6, 6.07) is 12.3. The Bertz CT molecular complexity index is 961. The molecule has 0 radical (unpaired) electrons. The van der Waals surface area contributed by atoms with Gasteiger partial charge in [0.15, 0.2) is 0 Å². The van der Waals surface area contributed by atoms with E-state index < -0.39 is 5.91 Å². The van der Waals surface area contributed by atoms with Crippen molar-refractivity contribution < 1.29 is 14.4 Å². The molecular formula is C23H26N4O3. The van der Waals surface area contributed by atoms with Crippen molar-refractivity contribution >= 4 is 40.9 Å². The van der Waals surface area contributed by atoms with E-state index in [9.17, 15) is 14.4 Å². The lowest BCUT2D eigenvalue weighted by atomic mass is 10.1. The van der Waals surface area contributed by atoms with Gasteiger partial charge in [-0.15, -0.1) is 0 Å². The maximum atomic E-state index is 12.5. The molecule has 0 bridgehead atoms. The van der Waals surface area contributed by atoms with Crippen LogP contribution in [0.25, 0.3) is 6.08 Å². The third-order valence-corrected chi connectivity index (χ3v) is 4.89. The van der Waals surface area contributed by atoms with Gasteiger partial charge in [-0.25, -0.2) is 0 Å². The van der Waals surface area contributed by atoms with E-state index in [-0.39, 0.29) is 11.8 Å². The molecule has 1 saturated heterocycles. The second-order valence-electron chi connectivity index (χ2n) is 7.27. The molecule has 1 aliphatic rings. The number of primary amides is 1. The molecule has 2 aromatic carbocycles. The number of hydrogen-bond acceptors (Lipinski definition) is 4. The molecule has 3 rings (SSSR count). The number of nitrogens with one attached hydrogen (secondary N) is 2. The molecule has 0 unspecified atom stereocenters. The summed E-state index contributed by atoms with van der Waals surface area (Å²) in [5, 5.41) is 5.58. The fraction of sp³-hybridized carbons (Fsp3) is 0.261. The summed E-state index contributed by atoms with van der Waals surface area (Å²) in [5.74, 6) is -0.980. The zero-order chi connectivity index (χ0) is 21.5. The summed E-state index contributed by atoms with van der Waals surface area (Å²) in [4.78, 5) is 37.4. The second-order valence-corrected chi connectivity index (χ2v) is 7.27. The van der Waals surface area contributed by atoms with E-state index in [1.807, 2.05) is 18.2 Å². The first-order valence-corrected chi connectivity index (χ1v) is 9.98. The predicted molar refractivity (Wildman–Crippen MR) is 119 cm³/mol. The Kier molecular flexibility index (Phi) is 6.85. The Morgan fingerprint density at radius 2 is 1.67 bits per heavy atom. The number of carbonyl (C=O) groups is 3. The number of benzene rings is 2. The van der Waals surface area contributed by atoms with E-state index in [0.717, 1.165) is 37.2 Å². The molecule has 1 heterocycles. The highest BCUT2D eigenvalue weighted by Gasteiger charge is 2.17. The van der Waals surface area contributed by atoms with Crippen molar-refractivity contribution in [1.82, 2.24) is 0 Å². The van der Waals surface area contributed by atoms with Gasteiger partial charge >= 0.3 is 0 Å². The van der Waals surface area contributed by atoms with Crippen LogP contribution in [0.4, 0.5) is 17.1 Å². The largest absolute Gasteiger partial charge is 0.370 e. The van der Waals surface area contributed by atoms with Crippen LogP contribution in [-0.4, -0.2) is 30.8 Å². The van der Waals surface area contributed by atoms with Crippen molar-refractivity contribution in [3.8, 4) is 0 Å². The van der Waals surface area contributed by atoms with Crippen LogP contribution < -0.4 is 21.3 Å². The number of carbonyl (C=O) groups excluding carboxylic acids is 3. The van der Waals surface area contributed by atoms with Gasteiger partial charge in [-0.2, -0.15) is 0 Å². The Morgan fingerprint density at radius 1 is 0.967 bits per heavy atom. The molecule has 0 aromatic heterocycles. The van der Waals surface area contributed by atoms with Gasteiger partial charge in [-0.05, 0) is 61.2 Å². The van der Waals surface area contributed by atoms with Crippen molar-refractivity contribution in [2.75, 3.05) is 28.6 Å². The van der Waals surface area contributed by atoms with Gasteiger partial charge in [0.05, 0.1) is 11.4 Å². The number of rotatable bonds is 6. The van der Waals surface area contributed by atoms with E-state index in [2.05, 4.69) is 15.5 Å². The van der Waals surface area contributed by atoms with Crippen LogP contribution in [0.1, 0.15) is 42.1 Å². The lowest BCUT2D eigenvalue weighted by molar-refractivity contribution is -0.114. The fourth-order valence-corrected chi connectivity index (χ4v) is 3.43. The van der Waals surface area contributed by atoms with Gasteiger partial charge in [0.25, 0.3) is 0 Å². The SMILES string of the molecule is CC(=O)Nc1ccc(/C=C/C(=O)Nc2cc(C(N)=O)ccc2N2CCCCC2)cc1. The molecule has 7 heteroatoms. The van der Waals surface area contributed by atoms with Crippen LogP contribution in [0.15, 0.2) is 48.5 Å². The molecule has 3 amide bonds. The van der Waals surface area contributed by atoms with Gasteiger partial charge in [-0.1, -0.05) is 12.1 Å². The maximum absolute atomic E-state index is 12.5. The van der Waals surface area contributed by atoms with Crippen molar-refractivity contribution in [1.29, 1.82) is 0 Å². The number of nitrogens with zero attached hydrogens (tertiary/aromatic N) is 1. The molecule has 1 fully saturated rings. The highest BCUT2D eigenvalue weighted by molar-refractivity contribution is 6.05. The number of hydrogen-bond donors (Lipinski definition) is 3. The number of amides is 3. The molecule has 0 saturated carbocycles. The van der Waals surface area contributed by atoms with Gasteiger partial charge in [0.2, 0.25) is 17.7 Å². The molecular weight excluding hydrogens is 380 g/mol. The molecule has 0 aliphatic carbocycles. The van der Waals surface area contributed by atoms with Crippen molar-refractivity contribution in [2.24, 2.45) is 5.73 Å². The quantitative estimate of drug-likeness (QED) is 0.640. The van der Waals surface area contributed by atoms with Crippen LogP contribution in [0.5, 0.6) is 0 Å². The van der Waals surface area contributed by atoms with E-state index in [1.165, 1.54) is 19.4 Å². The summed E-state index contributed by atoms with van der Waals surface area (Å²) < 4.78 is 0. The third kappa shape index (κ3) is 5.70. The van der Waals surface area contributed by atoms with E-state index >= 15 is 0 Å². The summed E-state index contributed by atoms with van der Waals surface area (Å²) in [6.07, 6.45) is 6.51. The minimum absolute atomic E-state index is 0.139. The summed E-state index contributed by atoms with van der Waals surface area (Å²) in [5.41, 5.74) is 8.74. The van der Waals surface area contributed by atoms with Crippen LogP contribution in [0, 0.1) is 0 Å². The average molecular weight is 406 g/mol. The average Bonchev–Trinajstić information content (AvgIpc) is 2.73. The van der Waals surface area contributed by atoms with Crippen molar-refractivity contribution in [3.63, 3.8) is 0 Å². The molecule has 30 heavy (non-hydrogen) atoms. The van der Waals surface area contributed by atoms with Crippen LogP contribution >= 0.6 is 0 Å². The highest BCUT2D eigenvalue weighted by Crippen LogP contribution is 2.29. The zero-order valence-electron chi connectivity index (χ0n) is 17.0. The lowest BCUT2D eigenvalue weighted by Crippen LogP contribution is -2.30. The Labute approximate surface area is 175 Å². The molecule has 7 nitrogen and oxygen atoms in total. The number of piperidine rings is 1. The van der Waals surface area contributed by atoms with E-state index in [4.69, 9.17) is 5.73 Å². The summed E-state index contributed by atoms with van der Waals surface area (Å²) in [6.45, 7) is 3.27. The summed E-state index contributed by atoms with van der Waals surface area (Å²) >= 11 is 0. The normalized spacial score (nSPS) is 13.8. The smallest absolute Gasteiger partial charge is 0.248 e. The Hall–Kier alpha value is -3.61. The number of nitrogens with two attached hydrogens (primary N) is 1. The predicted octanol–water partition coefficient (Wildman–Crippen LogP) is 3.39. The molecule has 156 valence electrons. The molecule has 0 atom stereocenters. The minimum Gasteiger partial charge on any atom is -0.370 e. The molecule has 2 aromatic rings. The van der Waals surface area contributed by atoms with Crippen LogP contribution in [-0.2, 0) is 9.59 Å². The Morgan fingerprint density at radius 3 is 2.30 bits per heavy atom. The van der Waals surface area contributed by atoms with Crippen LogP contribution in [0.2, 0.25) is 0 Å². The first-order chi connectivity index (χ1) is 14.4. The second kappa shape index (κ2) is 9.73. The molecule has 0 spiro atoms. The first-order valence-electron chi connectivity index (χ1n) is 9.98. The topological polar surface area (TPSA) is 105 Å². The van der Waals surface area contributed by atoms with Gasteiger partial charge in [0, 0.05) is 37.3 Å². The van der Waals surface area contributed by atoms with Crippen LogP contribution in [0.3, 0.4) is 0 Å². The van der Waals surface area contributed by atoms with Gasteiger partial charge in [-0.3, -0.25) is 14.4 Å². The Balaban J connectivity index is 1.74.